The van der Waals surface area contributed by atoms with Crippen molar-refractivity contribution in [3.63, 3.8) is 0 Å². The summed E-state index contributed by atoms with van der Waals surface area (Å²) in [5, 5.41) is 18.3. The molecule has 4 heteroatoms. The zero-order valence-corrected chi connectivity index (χ0v) is 11.9. The maximum absolute atomic E-state index is 12.5. The highest BCUT2D eigenvalue weighted by Crippen LogP contribution is 2.27. The van der Waals surface area contributed by atoms with Gasteiger partial charge in [0.15, 0.2) is 11.5 Å². The van der Waals surface area contributed by atoms with Gasteiger partial charge in [0.05, 0.1) is 11.3 Å². The number of carbonyl (C=O) groups excluding carboxylic acids is 2. The largest absolute Gasteiger partial charge is 0.504 e. The molecule has 4 nitrogen and oxygen atoms in total. The van der Waals surface area contributed by atoms with Crippen molar-refractivity contribution in [3.8, 4) is 0 Å². The standard InChI is InChI=1S/C18H13NO3/c1-10-6-8-11(9-7-10)15(19)14-16(20)12-4-2-3-5-13(12)17(21)18(14)22/h2-9,19,22H,1H3. The van der Waals surface area contributed by atoms with Crippen LogP contribution in [0.15, 0.2) is 59.9 Å². The highest BCUT2D eigenvalue weighted by atomic mass is 16.3. The number of allylic oxidation sites excluding steroid dienone is 2. The van der Waals surface area contributed by atoms with Gasteiger partial charge < -0.3 is 5.11 Å². The molecule has 0 atom stereocenters. The van der Waals surface area contributed by atoms with E-state index in [-0.39, 0.29) is 22.4 Å². The SMILES string of the molecule is Cc1ccc(C(=N)C2=C(O)C(=O)c3ccccc3C2=O)cc1. The van der Waals surface area contributed by atoms with Crippen LogP contribution in [0.1, 0.15) is 31.8 Å². The molecule has 0 spiro atoms. The Kier molecular flexibility index (Phi) is 3.22. The zero-order chi connectivity index (χ0) is 15.9. The van der Waals surface area contributed by atoms with E-state index in [1.165, 1.54) is 12.1 Å². The van der Waals surface area contributed by atoms with Gasteiger partial charge in [-0.15, -0.1) is 0 Å². The summed E-state index contributed by atoms with van der Waals surface area (Å²) in [5.41, 5.74) is 1.50. The molecular formula is C18H13NO3. The van der Waals surface area contributed by atoms with Gasteiger partial charge in [-0.2, -0.15) is 0 Å². The molecule has 0 aromatic heterocycles. The molecule has 0 bridgehead atoms. The van der Waals surface area contributed by atoms with Gasteiger partial charge in [-0.05, 0) is 6.92 Å². The second kappa shape index (κ2) is 5.07. The third-order valence-electron chi connectivity index (χ3n) is 3.69. The predicted octanol–water partition coefficient (Wildman–Crippen LogP) is 3.25. The quantitative estimate of drug-likeness (QED) is 0.834. The van der Waals surface area contributed by atoms with Crippen LogP contribution in [0.2, 0.25) is 0 Å². The number of aryl methyl sites for hydroxylation is 1. The van der Waals surface area contributed by atoms with Crippen molar-refractivity contribution in [2.75, 3.05) is 0 Å². The molecular weight excluding hydrogens is 278 g/mol. The van der Waals surface area contributed by atoms with E-state index >= 15 is 0 Å². The van der Waals surface area contributed by atoms with E-state index in [4.69, 9.17) is 5.41 Å². The minimum absolute atomic E-state index is 0.148. The first-order valence-corrected chi connectivity index (χ1v) is 6.78. The number of Topliss-reactive ketones (excluding diaryl/α,β-unsaturated/α-hetero) is 2. The lowest BCUT2D eigenvalue weighted by atomic mass is 9.84. The Balaban J connectivity index is 2.12. The summed E-state index contributed by atoms with van der Waals surface area (Å²) in [6.45, 7) is 1.91. The molecule has 0 radical (unpaired) electrons. The van der Waals surface area contributed by atoms with E-state index in [0.29, 0.717) is 5.56 Å². The van der Waals surface area contributed by atoms with Gasteiger partial charge in [0.1, 0.15) is 0 Å². The molecule has 1 aliphatic rings. The highest BCUT2D eigenvalue weighted by Gasteiger charge is 2.34. The van der Waals surface area contributed by atoms with E-state index < -0.39 is 17.3 Å². The topological polar surface area (TPSA) is 78.2 Å². The van der Waals surface area contributed by atoms with E-state index in [9.17, 15) is 14.7 Å². The van der Waals surface area contributed by atoms with Crippen molar-refractivity contribution in [2.24, 2.45) is 0 Å². The third-order valence-corrected chi connectivity index (χ3v) is 3.69. The first-order valence-electron chi connectivity index (χ1n) is 6.78. The van der Waals surface area contributed by atoms with Gasteiger partial charge in [0.2, 0.25) is 5.78 Å². The maximum atomic E-state index is 12.5. The molecule has 0 fully saturated rings. The minimum Gasteiger partial charge on any atom is -0.504 e. The predicted molar refractivity (Wildman–Crippen MR) is 82.8 cm³/mol. The number of rotatable bonds is 2. The zero-order valence-electron chi connectivity index (χ0n) is 11.9. The molecule has 108 valence electrons. The molecule has 0 amide bonds. The van der Waals surface area contributed by atoms with Crippen LogP contribution >= 0.6 is 0 Å². The second-order valence-corrected chi connectivity index (χ2v) is 5.17. The lowest BCUT2D eigenvalue weighted by Gasteiger charge is -2.18. The number of carbonyl (C=O) groups is 2. The number of aliphatic hydroxyl groups excluding tert-OH is 1. The van der Waals surface area contributed by atoms with Crippen LogP contribution in [0.5, 0.6) is 0 Å². The summed E-state index contributed by atoms with van der Waals surface area (Å²) in [6, 6.07) is 13.3. The maximum Gasteiger partial charge on any atom is 0.228 e. The van der Waals surface area contributed by atoms with Gasteiger partial charge >= 0.3 is 0 Å². The first-order chi connectivity index (χ1) is 10.5. The summed E-state index contributed by atoms with van der Waals surface area (Å²) in [4.78, 5) is 24.7. The average molecular weight is 291 g/mol. The second-order valence-electron chi connectivity index (χ2n) is 5.17. The molecule has 22 heavy (non-hydrogen) atoms. The molecule has 1 aliphatic carbocycles. The Hall–Kier alpha value is -3.01. The molecule has 2 aromatic rings. The third kappa shape index (κ3) is 2.05. The summed E-state index contributed by atoms with van der Waals surface area (Å²) in [7, 11) is 0. The number of hydrogen-bond acceptors (Lipinski definition) is 4. The van der Waals surface area contributed by atoms with E-state index in [1.807, 2.05) is 19.1 Å². The molecule has 0 heterocycles. The number of hydrogen-bond donors (Lipinski definition) is 2. The van der Waals surface area contributed by atoms with Crippen LogP contribution < -0.4 is 0 Å². The van der Waals surface area contributed by atoms with E-state index in [0.717, 1.165) is 5.56 Å². The Morgan fingerprint density at radius 2 is 1.45 bits per heavy atom. The molecule has 0 unspecified atom stereocenters. The summed E-state index contributed by atoms with van der Waals surface area (Å²) in [6.07, 6.45) is 0. The molecule has 0 saturated heterocycles. The summed E-state index contributed by atoms with van der Waals surface area (Å²) < 4.78 is 0. The van der Waals surface area contributed by atoms with Gasteiger partial charge in [0.25, 0.3) is 0 Å². The normalized spacial score (nSPS) is 14.0. The number of nitrogens with one attached hydrogen (secondary N) is 1. The van der Waals surface area contributed by atoms with Crippen LogP contribution in [0.3, 0.4) is 0 Å². The van der Waals surface area contributed by atoms with Crippen LogP contribution in [0.4, 0.5) is 0 Å². The van der Waals surface area contributed by atoms with E-state index in [1.54, 1.807) is 24.3 Å². The minimum atomic E-state index is -0.658. The molecule has 0 saturated carbocycles. The fourth-order valence-corrected chi connectivity index (χ4v) is 2.46. The first kappa shape index (κ1) is 13.9. The number of benzene rings is 2. The molecule has 2 aromatic carbocycles. The molecule has 3 rings (SSSR count). The Morgan fingerprint density at radius 3 is 2.05 bits per heavy atom. The number of fused-ring (bicyclic) bond motifs is 1. The Bertz CT molecular complexity index is 845. The fraction of sp³-hybridized carbons (Fsp3) is 0.0556. The fourth-order valence-electron chi connectivity index (χ4n) is 2.46. The van der Waals surface area contributed by atoms with Gasteiger partial charge in [-0.25, -0.2) is 0 Å². The van der Waals surface area contributed by atoms with Crippen molar-refractivity contribution in [2.45, 2.75) is 6.92 Å². The van der Waals surface area contributed by atoms with Crippen LogP contribution in [-0.4, -0.2) is 22.4 Å². The van der Waals surface area contributed by atoms with Crippen LogP contribution in [0.25, 0.3) is 0 Å². The lowest BCUT2D eigenvalue weighted by molar-refractivity contribution is 0.0934. The van der Waals surface area contributed by atoms with Crippen LogP contribution in [-0.2, 0) is 0 Å². The molecule has 2 N–H and O–H groups in total. The van der Waals surface area contributed by atoms with Gasteiger partial charge in [-0.3, -0.25) is 15.0 Å². The summed E-state index contributed by atoms with van der Waals surface area (Å²) in [5.74, 6) is -1.78. The van der Waals surface area contributed by atoms with Gasteiger partial charge in [0, 0.05) is 16.7 Å². The number of aliphatic hydroxyl groups is 1. The number of ketones is 2. The molecule has 0 aliphatic heterocycles. The van der Waals surface area contributed by atoms with E-state index in [2.05, 4.69) is 0 Å². The smallest absolute Gasteiger partial charge is 0.228 e. The summed E-state index contributed by atoms with van der Waals surface area (Å²) >= 11 is 0. The lowest BCUT2D eigenvalue weighted by Crippen LogP contribution is -2.26. The van der Waals surface area contributed by atoms with Crippen molar-refractivity contribution in [1.82, 2.24) is 0 Å². The highest BCUT2D eigenvalue weighted by molar-refractivity contribution is 6.39. The Morgan fingerprint density at radius 1 is 0.909 bits per heavy atom. The monoisotopic (exact) mass is 291 g/mol. The van der Waals surface area contributed by atoms with Gasteiger partial charge in [-0.1, -0.05) is 54.1 Å². The van der Waals surface area contributed by atoms with Crippen molar-refractivity contribution in [3.05, 3.63) is 82.1 Å². The van der Waals surface area contributed by atoms with Crippen molar-refractivity contribution in [1.29, 1.82) is 5.41 Å². The average Bonchev–Trinajstić information content (AvgIpc) is 2.53. The van der Waals surface area contributed by atoms with Crippen molar-refractivity contribution < 1.29 is 14.7 Å². The van der Waals surface area contributed by atoms with Crippen molar-refractivity contribution >= 4 is 17.3 Å². The van der Waals surface area contributed by atoms with Crippen LogP contribution in [0, 0.1) is 12.3 Å². The Labute approximate surface area is 127 Å².